The van der Waals surface area contributed by atoms with E-state index in [9.17, 15) is 4.79 Å². The maximum atomic E-state index is 12.3. The van der Waals surface area contributed by atoms with E-state index in [-0.39, 0.29) is 0 Å². The number of benzene rings is 1. The Morgan fingerprint density at radius 3 is 2.67 bits per heavy atom. The van der Waals surface area contributed by atoms with E-state index >= 15 is 0 Å². The highest BCUT2D eigenvalue weighted by Crippen LogP contribution is 2.26. The minimum Gasteiger partial charge on any atom is -0.318 e. The van der Waals surface area contributed by atoms with Crippen LogP contribution >= 0.6 is 11.6 Å². The lowest BCUT2D eigenvalue weighted by atomic mass is 10.2. The quantitative estimate of drug-likeness (QED) is 0.763. The molecule has 0 saturated carbocycles. The highest BCUT2D eigenvalue weighted by atomic mass is 35.5. The van der Waals surface area contributed by atoms with E-state index in [1.54, 1.807) is 18.6 Å². The molecule has 0 fully saturated rings. The molecule has 7 nitrogen and oxygen atoms in total. The summed E-state index contributed by atoms with van der Waals surface area (Å²) in [5.74, 6) is 1.95. The molecule has 0 bridgehead atoms. The number of nitrogens with zero attached hydrogens (tertiary/aromatic N) is 4. The summed E-state index contributed by atoms with van der Waals surface area (Å²) in [6.07, 6.45) is 5.14. The normalized spacial score (nSPS) is 10.7. The van der Waals surface area contributed by atoms with Gasteiger partial charge in [-0.15, -0.1) is 0 Å². The molecular formula is C16H17ClN6O. The molecule has 1 aromatic carbocycles. The van der Waals surface area contributed by atoms with Crippen molar-refractivity contribution in [3.05, 3.63) is 53.3 Å². The molecule has 0 unspecified atom stereocenters. The summed E-state index contributed by atoms with van der Waals surface area (Å²) in [5.41, 5.74) is 1.46. The lowest BCUT2D eigenvalue weighted by Gasteiger charge is -2.12. The summed E-state index contributed by atoms with van der Waals surface area (Å²) < 4.78 is 3.66. The van der Waals surface area contributed by atoms with E-state index < -0.39 is 6.03 Å². The van der Waals surface area contributed by atoms with Gasteiger partial charge in [-0.1, -0.05) is 23.7 Å². The number of amides is 2. The van der Waals surface area contributed by atoms with Crippen molar-refractivity contribution in [1.82, 2.24) is 19.1 Å². The number of hydrogen-bond acceptors (Lipinski definition) is 3. The van der Waals surface area contributed by atoms with Gasteiger partial charge in [-0.05, 0) is 25.5 Å². The highest BCUT2D eigenvalue weighted by molar-refractivity contribution is 6.34. The second kappa shape index (κ2) is 6.37. The molecule has 0 aliphatic rings. The molecular weight excluding hydrogens is 328 g/mol. The minimum atomic E-state index is -0.413. The number of nitrogens with one attached hydrogen (secondary N) is 2. The van der Waals surface area contributed by atoms with Crippen molar-refractivity contribution in [1.29, 1.82) is 0 Å². The number of para-hydroxylation sites is 1. The van der Waals surface area contributed by atoms with Crippen LogP contribution in [0, 0.1) is 13.8 Å². The van der Waals surface area contributed by atoms with Gasteiger partial charge in [0.2, 0.25) is 0 Å². The topological polar surface area (TPSA) is 76.8 Å². The predicted octanol–water partition coefficient (Wildman–Crippen LogP) is 3.52. The number of anilines is 2. The largest absolute Gasteiger partial charge is 0.325 e. The van der Waals surface area contributed by atoms with Gasteiger partial charge in [0.1, 0.15) is 5.82 Å². The molecule has 0 saturated heterocycles. The van der Waals surface area contributed by atoms with Crippen LogP contribution in [0.2, 0.25) is 5.02 Å². The average Bonchev–Trinajstić information content (AvgIpc) is 3.09. The lowest BCUT2D eigenvalue weighted by Crippen LogP contribution is -2.21. The highest BCUT2D eigenvalue weighted by Gasteiger charge is 2.16. The van der Waals surface area contributed by atoms with Gasteiger partial charge in [0.25, 0.3) is 0 Å². The van der Waals surface area contributed by atoms with Gasteiger partial charge < -0.3 is 9.88 Å². The fourth-order valence-electron chi connectivity index (χ4n) is 2.44. The molecule has 0 aliphatic heterocycles. The smallest absolute Gasteiger partial charge is 0.318 e. The van der Waals surface area contributed by atoms with Crippen LogP contribution in [-0.4, -0.2) is 25.1 Å². The van der Waals surface area contributed by atoms with Crippen molar-refractivity contribution < 1.29 is 4.79 Å². The third-order valence-corrected chi connectivity index (χ3v) is 3.97. The molecule has 2 amide bonds. The SMILES string of the molecule is Cc1cccc(Cl)c1NC(=O)Nc1ncn(C)c1-n1ccnc1C. The fourth-order valence-corrected chi connectivity index (χ4v) is 2.71. The van der Waals surface area contributed by atoms with Gasteiger partial charge in [0, 0.05) is 19.4 Å². The number of aryl methyl sites for hydroxylation is 3. The summed E-state index contributed by atoms with van der Waals surface area (Å²) in [6.45, 7) is 3.76. The number of aromatic nitrogens is 4. The van der Waals surface area contributed by atoms with E-state index in [0.717, 1.165) is 17.2 Å². The Kier molecular flexibility index (Phi) is 4.26. The van der Waals surface area contributed by atoms with E-state index in [1.807, 2.05) is 48.4 Å². The Hall–Kier alpha value is -2.80. The van der Waals surface area contributed by atoms with Gasteiger partial charge in [-0.3, -0.25) is 9.88 Å². The van der Waals surface area contributed by atoms with Gasteiger partial charge in [0.05, 0.1) is 17.0 Å². The number of carbonyl (C=O) groups excluding carboxylic acids is 1. The van der Waals surface area contributed by atoms with Crippen LogP contribution in [0.3, 0.4) is 0 Å². The zero-order chi connectivity index (χ0) is 17.3. The van der Waals surface area contributed by atoms with Crippen molar-refractivity contribution in [2.24, 2.45) is 7.05 Å². The molecule has 3 rings (SSSR count). The van der Waals surface area contributed by atoms with Crippen LogP contribution in [0.1, 0.15) is 11.4 Å². The summed E-state index contributed by atoms with van der Waals surface area (Å²) >= 11 is 6.14. The lowest BCUT2D eigenvalue weighted by molar-refractivity contribution is 0.262. The Morgan fingerprint density at radius 2 is 2.00 bits per heavy atom. The Balaban J connectivity index is 1.85. The summed E-state index contributed by atoms with van der Waals surface area (Å²) in [6, 6.07) is 5.02. The monoisotopic (exact) mass is 344 g/mol. The van der Waals surface area contributed by atoms with Gasteiger partial charge in [-0.25, -0.2) is 14.8 Å². The van der Waals surface area contributed by atoms with E-state index in [4.69, 9.17) is 11.6 Å². The molecule has 2 heterocycles. The molecule has 0 radical (unpaired) electrons. The number of imidazole rings is 2. The standard InChI is InChI=1S/C16H17ClN6O/c1-10-5-4-6-12(17)13(10)20-16(24)21-14-15(22(3)9-19-14)23-8-7-18-11(23)2/h4-9H,1-3H3,(H2,20,21,24). The van der Waals surface area contributed by atoms with Crippen LogP contribution in [0.5, 0.6) is 0 Å². The first-order chi connectivity index (χ1) is 11.5. The average molecular weight is 345 g/mol. The van der Waals surface area contributed by atoms with Crippen LogP contribution < -0.4 is 10.6 Å². The maximum Gasteiger partial charge on any atom is 0.325 e. The summed E-state index contributed by atoms with van der Waals surface area (Å²) in [5, 5.41) is 6.01. The fraction of sp³-hybridized carbons (Fsp3) is 0.188. The number of halogens is 1. The van der Waals surface area contributed by atoms with Crippen molar-refractivity contribution in [2.45, 2.75) is 13.8 Å². The van der Waals surface area contributed by atoms with Crippen molar-refractivity contribution in [2.75, 3.05) is 10.6 Å². The Morgan fingerprint density at radius 1 is 1.21 bits per heavy atom. The van der Waals surface area contributed by atoms with E-state index in [1.165, 1.54) is 0 Å². The number of urea groups is 1. The third-order valence-electron chi connectivity index (χ3n) is 3.65. The molecule has 2 aromatic heterocycles. The number of rotatable bonds is 3. The zero-order valence-corrected chi connectivity index (χ0v) is 14.3. The van der Waals surface area contributed by atoms with Crippen LogP contribution in [-0.2, 0) is 7.05 Å². The summed E-state index contributed by atoms with van der Waals surface area (Å²) in [4.78, 5) is 20.8. The van der Waals surface area contributed by atoms with E-state index in [0.29, 0.717) is 16.5 Å². The molecule has 3 aromatic rings. The van der Waals surface area contributed by atoms with Gasteiger partial charge >= 0.3 is 6.03 Å². The number of hydrogen-bond donors (Lipinski definition) is 2. The second-order valence-corrected chi connectivity index (χ2v) is 5.79. The van der Waals surface area contributed by atoms with Crippen LogP contribution in [0.4, 0.5) is 16.3 Å². The molecule has 0 aliphatic carbocycles. The van der Waals surface area contributed by atoms with E-state index in [2.05, 4.69) is 20.6 Å². The molecule has 0 atom stereocenters. The van der Waals surface area contributed by atoms with Crippen molar-refractivity contribution >= 4 is 29.1 Å². The Labute approximate surface area is 144 Å². The third kappa shape index (κ3) is 2.98. The first-order valence-electron chi connectivity index (χ1n) is 7.32. The first-order valence-corrected chi connectivity index (χ1v) is 7.70. The maximum absolute atomic E-state index is 12.3. The molecule has 8 heteroatoms. The van der Waals surface area contributed by atoms with Gasteiger partial charge in [0.15, 0.2) is 11.6 Å². The van der Waals surface area contributed by atoms with Crippen LogP contribution in [0.15, 0.2) is 36.9 Å². The molecule has 2 N–H and O–H groups in total. The first kappa shape index (κ1) is 16.1. The molecule has 124 valence electrons. The minimum absolute atomic E-state index is 0.413. The predicted molar refractivity (Wildman–Crippen MR) is 93.9 cm³/mol. The van der Waals surface area contributed by atoms with Gasteiger partial charge in [-0.2, -0.15) is 0 Å². The van der Waals surface area contributed by atoms with Crippen molar-refractivity contribution in [3.63, 3.8) is 0 Å². The summed E-state index contributed by atoms with van der Waals surface area (Å²) in [7, 11) is 1.85. The zero-order valence-electron chi connectivity index (χ0n) is 13.5. The van der Waals surface area contributed by atoms with Crippen molar-refractivity contribution in [3.8, 4) is 5.82 Å². The second-order valence-electron chi connectivity index (χ2n) is 5.38. The molecule has 24 heavy (non-hydrogen) atoms. The Bertz CT molecular complexity index is 878. The molecule has 0 spiro atoms. The number of carbonyl (C=O) groups is 1. The van der Waals surface area contributed by atoms with Crippen LogP contribution in [0.25, 0.3) is 5.82 Å².